The highest BCUT2D eigenvalue weighted by atomic mass is 16.3. The summed E-state index contributed by atoms with van der Waals surface area (Å²) in [4.78, 5) is 67.1. The molecular weight excluding hydrogens is 626 g/mol. The lowest BCUT2D eigenvalue weighted by Gasteiger charge is -2.36. The summed E-state index contributed by atoms with van der Waals surface area (Å²) in [6.45, 7) is 8.01. The van der Waals surface area contributed by atoms with Gasteiger partial charge in [-0.25, -0.2) is 0 Å². The van der Waals surface area contributed by atoms with E-state index in [0.717, 1.165) is 75.4 Å². The van der Waals surface area contributed by atoms with Crippen molar-refractivity contribution < 1.29 is 29.1 Å². The minimum atomic E-state index is -1.19. The molecular formula is C36H45N7O6. The van der Waals surface area contributed by atoms with E-state index in [1.807, 2.05) is 12.3 Å². The van der Waals surface area contributed by atoms with Crippen LogP contribution in [0.3, 0.4) is 0 Å². The number of aliphatic hydroxyl groups is 1. The zero-order valence-corrected chi connectivity index (χ0v) is 28.1. The van der Waals surface area contributed by atoms with E-state index in [0.29, 0.717) is 46.3 Å². The number of carbonyl (C=O) groups excluding carboxylic acids is 5. The maximum Gasteiger partial charge on any atom is 0.262 e. The van der Waals surface area contributed by atoms with Gasteiger partial charge in [0.05, 0.1) is 22.4 Å². The van der Waals surface area contributed by atoms with Crippen molar-refractivity contribution in [1.82, 2.24) is 25.8 Å². The number of hydrogen-bond donors (Lipinski definition) is 5. The van der Waals surface area contributed by atoms with Gasteiger partial charge in [-0.15, -0.1) is 0 Å². The Bertz CT molecular complexity index is 1640. The third-order valence-corrected chi connectivity index (χ3v) is 10.4. The van der Waals surface area contributed by atoms with Gasteiger partial charge in [-0.05, 0) is 95.2 Å². The molecule has 1 unspecified atom stereocenters. The zero-order chi connectivity index (χ0) is 34.9. The predicted molar refractivity (Wildman–Crippen MR) is 183 cm³/mol. The van der Waals surface area contributed by atoms with Crippen molar-refractivity contribution in [3.05, 3.63) is 64.5 Å². The van der Waals surface area contributed by atoms with Crippen LogP contribution in [-0.2, 0) is 14.4 Å². The van der Waals surface area contributed by atoms with Gasteiger partial charge in [0.15, 0.2) is 0 Å². The molecule has 13 heteroatoms. The molecule has 1 aliphatic carbocycles. The quantitative estimate of drug-likeness (QED) is 0.184. The summed E-state index contributed by atoms with van der Waals surface area (Å²) >= 11 is 0. The molecule has 1 atom stereocenters. The van der Waals surface area contributed by atoms with Crippen molar-refractivity contribution in [3.63, 3.8) is 0 Å². The number of imide groups is 2. The topological polar surface area (TPSA) is 175 Å². The van der Waals surface area contributed by atoms with Gasteiger partial charge in [-0.2, -0.15) is 0 Å². The molecule has 1 aromatic carbocycles. The third kappa shape index (κ3) is 7.37. The summed E-state index contributed by atoms with van der Waals surface area (Å²) in [5.74, 6) is -1.35. The highest BCUT2D eigenvalue weighted by molar-refractivity contribution is 6.23. The second kappa shape index (κ2) is 14.1. The first kappa shape index (κ1) is 34.3. The van der Waals surface area contributed by atoms with Crippen LogP contribution in [0.15, 0.2) is 53.4 Å². The number of rotatable bonds is 10. The maximum absolute atomic E-state index is 13.2. The zero-order valence-electron chi connectivity index (χ0n) is 28.1. The van der Waals surface area contributed by atoms with Gasteiger partial charge in [-0.3, -0.25) is 34.2 Å². The number of hydrogen-bond acceptors (Lipinski definition) is 10. The summed E-state index contributed by atoms with van der Waals surface area (Å²) in [5.41, 5.74) is 2.25. The Labute approximate surface area is 285 Å². The van der Waals surface area contributed by atoms with Crippen LogP contribution < -0.4 is 20.9 Å². The monoisotopic (exact) mass is 671 g/mol. The molecule has 4 heterocycles. The van der Waals surface area contributed by atoms with E-state index in [1.54, 1.807) is 38.1 Å². The Kier molecular flexibility index (Phi) is 9.84. The average Bonchev–Trinajstić information content (AvgIpc) is 3.32. The molecule has 0 aromatic heterocycles. The number of amides is 5. The molecule has 260 valence electrons. The fraction of sp³-hybridized carbons (Fsp3) is 0.500. The highest BCUT2D eigenvalue weighted by Crippen LogP contribution is 2.33. The first-order chi connectivity index (χ1) is 23.4. The lowest BCUT2D eigenvalue weighted by molar-refractivity contribution is -0.136. The van der Waals surface area contributed by atoms with Crippen molar-refractivity contribution in [3.8, 4) is 0 Å². The number of nitrogens with one attached hydrogen (secondary N) is 4. The van der Waals surface area contributed by atoms with Crippen LogP contribution in [0.25, 0.3) is 0 Å². The van der Waals surface area contributed by atoms with Gasteiger partial charge in [0.25, 0.3) is 11.8 Å². The Morgan fingerprint density at radius 2 is 1.69 bits per heavy atom. The van der Waals surface area contributed by atoms with Gasteiger partial charge in [0, 0.05) is 67.4 Å². The molecule has 4 aliphatic heterocycles. The SMILES string of the molecule is CC(C)(O)C1=CC(=N)/C(=C\NC2CCN(CCC3CCN(c4ccc5c(c4)C(=O)N(C4CCC(=O)NC4=O)C5=O)CC3)CC2)C=C1NC=O. The van der Waals surface area contributed by atoms with Crippen molar-refractivity contribution >= 4 is 41.4 Å². The fourth-order valence-electron chi connectivity index (χ4n) is 7.46. The Balaban J connectivity index is 0.945. The van der Waals surface area contributed by atoms with Crippen molar-refractivity contribution in [2.45, 2.75) is 76.5 Å². The number of fused-ring (bicyclic) bond motifs is 1. The fourth-order valence-corrected chi connectivity index (χ4v) is 7.46. The molecule has 1 aromatic rings. The van der Waals surface area contributed by atoms with Gasteiger partial charge in [0.2, 0.25) is 18.2 Å². The van der Waals surface area contributed by atoms with E-state index in [-0.39, 0.29) is 18.6 Å². The Hall–Kier alpha value is -4.62. The number of benzene rings is 1. The first-order valence-electron chi connectivity index (χ1n) is 17.2. The number of anilines is 1. The van der Waals surface area contributed by atoms with Gasteiger partial charge in [-0.1, -0.05) is 0 Å². The van der Waals surface area contributed by atoms with Gasteiger partial charge in [0.1, 0.15) is 6.04 Å². The largest absolute Gasteiger partial charge is 0.388 e. The van der Waals surface area contributed by atoms with E-state index in [2.05, 4.69) is 25.8 Å². The van der Waals surface area contributed by atoms with Crippen LogP contribution in [0.4, 0.5) is 5.69 Å². The number of piperidine rings is 3. The molecule has 0 spiro atoms. The number of allylic oxidation sites excluding steroid dienone is 3. The molecule has 13 nitrogen and oxygen atoms in total. The van der Waals surface area contributed by atoms with Crippen LogP contribution in [-0.4, -0.2) is 101 Å². The normalized spacial score (nSPS) is 23.8. The van der Waals surface area contributed by atoms with Crippen LogP contribution in [0, 0.1) is 11.3 Å². The Morgan fingerprint density at radius 3 is 2.37 bits per heavy atom. The van der Waals surface area contributed by atoms with Crippen molar-refractivity contribution in [1.29, 1.82) is 5.41 Å². The van der Waals surface area contributed by atoms with E-state index < -0.39 is 35.3 Å². The molecule has 0 saturated carbocycles. The number of nitrogens with zero attached hydrogens (tertiary/aromatic N) is 3. The molecule has 5 aliphatic rings. The second-order valence-corrected chi connectivity index (χ2v) is 14.1. The number of carbonyl (C=O) groups is 5. The molecule has 6 rings (SSSR count). The molecule has 5 amide bonds. The van der Waals surface area contributed by atoms with Crippen molar-refractivity contribution in [2.24, 2.45) is 5.92 Å². The standard InChI is InChI=1S/C36H45N7O6/c1-36(2,49)28-19-29(37)23(17-30(28)39-21-44)20-38-24-10-13-41(14-11-24)12-7-22-8-15-42(16-9-22)25-3-4-26-27(18-25)35(48)43(34(26)47)31-5-6-32(45)40-33(31)46/h3-4,17-22,24,31,37-38,49H,5-16H2,1-2H3,(H,39,44)(H,40,45,46)/b23-20-,37-29?. The number of likely N-dealkylation sites (tertiary alicyclic amines) is 1. The lowest BCUT2D eigenvalue weighted by Crippen LogP contribution is -2.54. The van der Waals surface area contributed by atoms with Crippen LogP contribution >= 0.6 is 0 Å². The lowest BCUT2D eigenvalue weighted by atomic mass is 9.87. The molecule has 49 heavy (non-hydrogen) atoms. The van der Waals surface area contributed by atoms with E-state index in [1.165, 1.54) is 0 Å². The summed E-state index contributed by atoms with van der Waals surface area (Å²) in [7, 11) is 0. The highest BCUT2D eigenvalue weighted by Gasteiger charge is 2.45. The van der Waals surface area contributed by atoms with Crippen LogP contribution in [0.2, 0.25) is 0 Å². The Morgan fingerprint density at radius 1 is 0.980 bits per heavy atom. The molecule has 3 saturated heterocycles. The molecule has 0 bridgehead atoms. The molecule has 5 N–H and O–H groups in total. The second-order valence-electron chi connectivity index (χ2n) is 14.1. The minimum absolute atomic E-state index is 0.0949. The summed E-state index contributed by atoms with van der Waals surface area (Å²) in [6.07, 6.45) is 11.2. The first-order valence-corrected chi connectivity index (χ1v) is 17.2. The molecule has 0 radical (unpaired) electrons. The average molecular weight is 672 g/mol. The van der Waals surface area contributed by atoms with Crippen molar-refractivity contribution in [2.75, 3.05) is 37.6 Å². The van der Waals surface area contributed by atoms with E-state index >= 15 is 0 Å². The predicted octanol–water partition coefficient (Wildman–Crippen LogP) is 1.99. The smallest absolute Gasteiger partial charge is 0.262 e. The summed E-state index contributed by atoms with van der Waals surface area (Å²) in [6, 6.07) is 4.66. The van der Waals surface area contributed by atoms with Crippen LogP contribution in [0.5, 0.6) is 0 Å². The van der Waals surface area contributed by atoms with Crippen LogP contribution in [0.1, 0.15) is 79.5 Å². The van der Waals surface area contributed by atoms with E-state index in [4.69, 9.17) is 5.41 Å². The van der Waals surface area contributed by atoms with Gasteiger partial charge >= 0.3 is 0 Å². The minimum Gasteiger partial charge on any atom is -0.388 e. The molecule has 3 fully saturated rings. The summed E-state index contributed by atoms with van der Waals surface area (Å²) in [5, 5.41) is 27.2. The van der Waals surface area contributed by atoms with Gasteiger partial charge < -0.3 is 30.9 Å². The van der Waals surface area contributed by atoms with E-state index in [9.17, 15) is 29.1 Å². The third-order valence-electron chi connectivity index (χ3n) is 10.4. The maximum atomic E-state index is 13.2. The summed E-state index contributed by atoms with van der Waals surface area (Å²) < 4.78 is 0.